The van der Waals surface area contributed by atoms with E-state index in [0.29, 0.717) is 19.5 Å². The number of carbonyl (C=O) groups is 3. The molecule has 0 aromatic carbocycles. The third-order valence-electron chi connectivity index (χ3n) is 3.66. The second kappa shape index (κ2) is 8.31. The number of rotatable bonds is 7. The number of carbonyl (C=O) groups excluding carboxylic acids is 3. The predicted molar refractivity (Wildman–Crippen MR) is 74.7 cm³/mol. The van der Waals surface area contributed by atoms with Crippen molar-refractivity contribution in [1.29, 1.82) is 0 Å². The number of hydrogen-bond acceptors (Lipinski definition) is 6. The van der Waals surface area contributed by atoms with Crippen LogP contribution in [0.3, 0.4) is 0 Å². The molecular weight excluding hydrogens is 425 g/mol. The number of nitrogens with zero attached hydrogens (tertiary/aromatic N) is 2. The fraction of sp³-hybridized carbons (Fsp3) is 0.750. The molecule has 2 heterocycles. The monoisotopic (exact) mass is 444 g/mol. The van der Waals surface area contributed by atoms with Crippen molar-refractivity contribution in [2.75, 3.05) is 31.3 Å². The Labute approximate surface area is 141 Å². The summed E-state index contributed by atoms with van der Waals surface area (Å²) in [7, 11) is 1.53. The fourth-order valence-electron chi connectivity index (χ4n) is 2.55. The van der Waals surface area contributed by atoms with Gasteiger partial charge < -0.3 is 0 Å². The van der Waals surface area contributed by atoms with Crippen LogP contribution in [0.2, 0.25) is 0 Å². The maximum absolute atomic E-state index is 12.1. The Bertz CT molecular complexity index is 452. The molecule has 10 heteroatoms. The van der Waals surface area contributed by atoms with Gasteiger partial charge in [0, 0.05) is 0 Å². The zero-order valence-corrected chi connectivity index (χ0v) is 15.1. The van der Waals surface area contributed by atoms with Gasteiger partial charge in [-0.25, -0.2) is 0 Å². The van der Waals surface area contributed by atoms with Gasteiger partial charge in [-0.15, -0.1) is 0 Å². The van der Waals surface area contributed by atoms with Crippen LogP contribution in [0.15, 0.2) is 0 Å². The van der Waals surface area contributed by atoms with Crippen LogP contribution in [0.5, 0.6) is 0 Å². The molecule has 2 aliphatic heterocycles. The zero-order chi connectivity index (χ0) is 16.1. The molecule has 22 heavy (non-hydrogen) atoms. The third kappa shape index (κ3) is 4.46. The molecule has 2 unspecified atom stereocenters. The predicted octanol–water partition coefficient (Wildman–Crippen LogP) is -3.47. The van der Waals surface area contributed by atoms with Crippen LogP contribution >= 0.6 is 9.12 Å². The van der Waals surface area contributed by atoms with Gasteiger partial charge in [-0.1, -0.05) is 0 Å². The average Bonchev–Trinajstić information content (AvgIpc) is 3.01. The van der Waals surface area contributed by atoms with Crippen LogP contribution in [0.4, 0.5) is 0 Å². The molecule has 0 bridgehead atoms. The standard InChI is InChI=1S/C12H19IN3O5S/c1-13-22-16-5-9(3-11(16)18)12(19)14-7-15-4-8(6-21-20)2-10(15)17/h8-9,20H,2-7H2,1H3,(H,14,19)/q-1. The number of amides is 3. The Hall–Kier alpha value is -0.590. The Morgan fingerprint density at radius 3 is 2.86 bits per heavy atom. The normalized spacial score (nSPS) is 25.4. The van der Waals surface area contributed by atoms with Crippen LogP contribution < -0.4 is 25.1 Å². The van der Waals surface area contributed by atoms with Crippen LogP contribution in [0, 0.1) is 11.8 Å². The summed E-state index contributed by atoms with van der Waals surface area (Å²) in [5, 5.41) is 11.1. The molecule has 2 aliphatic rings. The van der Waals surface area contributed by atoms with Crippen LogP contribution in [-0.2, 0) is 19.3 Å². The average molecular weight is 444 g/mol. The summed E-state index contributed by atoms with van der Waals surface area (Å²) in [6.07, 6.45) is 0.542. The Kier molecular flexibility index (Phi) is 6.71. The first-order valence-electron chi connectivity index (χ1n) is 6.83. The third-order valence-corrected chi connectivity index (χ3v) is 6.92. The molecule has 2 saturated heterocycles. The second-order valence-corrected chi connectivity index (χ2v) is 9.97. The summed E-state index contributed by atoms with van der Waals surface area (Å²) in [6.45, 7) is 1.14. The number of nitrogens with one attached hydrogen (secondary N) is 1. The quantitative estimate of drug-likeness (QED) is 0.139. The van der Waals surface area contributed by atoms with Gasteiger partial charge in [0.05, 0.1) is 0 Å². The van der Waals surface area contributed by atoms with E-state index in [0.717, 1.165) is 0 Å². The minimum absolute atomic E-state index is 0.00380. The van der Waals surface area contributed by atoms with Crippen molar-refractivity contribution in [2.45, 2.75) is 12.8 Å². The summed E-state index contributed by atoms with van der Waals surface area (Å²) >= 11 is -0.0984. The molecule has 0 aromatic heterocycles. The summed E-state index contributed by atoms with van der Waals surface area (Å²) in [6, 6.07) is 0. The number of halogens is 1. The van der Waals surface area contributed by atoms with E-state index in [2.05, 4.69) is 15.1 Å². The molecule has 0 aromatic rings. The fourth-order valence-corrected chi connectivity index (χ4v) is 5.67. The van der Waals surface area contributed by atoms with Gasteiger partial charge in [0.15, 0.2) is 0 Å². The van der Waals surface area contributed by atoms with E-state index >= 15 is 0 Å². The van der Waals surface area contributed by atoms with E-state index in [4.69, 9.17) is 5.26 Å². The molecule has 8 nitrogen and oxygen atoms in total. The van der Waals surface area contributed by atoms with E-state index in [1.54, 1.807) is 4.31 Å². The van der Waals surface area contributed by atoms with E-state index in [1.165, 1.54) is 14.0 Å². The van der Waals surface area contributed by atoms with E-state index in [1.807, 2.05) is 0 Å². The van der Waals surface area contributed by atoms with Gasteiger partial charge in [0.1, 0.15) is 0 Å². The Morgan fingerprint density at radius 1 is 1.41 bits per heavy atom. The summed E-state index contributed by atoms with van der Waals surface area (Å²) in [5.41, 5.74) is 0. The molecule has 2 N–H and O–H groups in total. The topological polar surface area (TPSA) is 99.2 Å². The van der Waals surface area contributed by atoms with Crippen LogP contribution in [0.25, 0.3) is 0 Å². The van der Waals surface area contributed by atoms with Gasteiger partial charge in [0.2, 0.25) is 0 Å². The molecule has 0 radical (unpaired) electrons. The first-order chi connectivity index (χ1) is 10.5. The zero-order valence-electron chi connectivity index (χ0n) is 12.2. The van der Waals surface area contributed by atoms with Crippen LogP contribution in [0.1, 0.15) is 12.8 Å². The van der Waals surface area contributed by atoms with Crippen molar-refractivity contribution in [3.05, 3.63) is 0 Å². The number of likely N-dealkylation sites (tertiary alicyclic amines) is 1. The minimum atomic E-state index is -0.343. The maximum atomic E-state index is 12.1. The molecular formula is C12H19IN3O5S-. The molecule has 3 amide bonds. The van der Waals surface area contributed by atoms with Crippen molar-refractivity contribution >= 4 is 26.8 Å². The van der Waals surface area contributed by atoms with Crippen LogP contribution in [-0.4, -0.2) is 63.5 Å². The van der Waals surface area contributed by atoms with Gasteiger partial charge in [-0.2, -0.15) is 0 Å². The van der Waals surface area contributed by atoms with Crippen molar-refractivity contribution in [3.8, 4) is 0 Å². The van der Waals surface area contributed by atoms with E-state index in [-0.39, 0.29) is 69.1 Å². The van der Waals surface area contributed by atoms with Gasteiger partial charge >= 0.3 is 136 Å². The van der Waals surface area contributed by atoms with E-state index < -0.39 is 0 Å². The number of hydrogen-bond donors (Lipinski definition) is 2. The Morgan fingerprint density at radius 2 is 2.18 bits per heavy atom. The van der Waals surface area contributed by atoms with Gasteiger partial charge in [-0.05, 0) is 0 Å². The molecule has 2 fully saturated rings. The van der Waals surface area contributed by atoms with Gasteiger partial charge in [0.25, 0.3) is 0 Å². The first-order valence-corrected chi connectivity index (χ1v) is 12.3. The van der Waals surface area contributed by atoms with Gasteiger partial charge in [-0.3, -0.25) is 5.26 Å². The Balaban J connectivity index is 1.76. The first kappa shape index (κ1) is 17.8. The molecule has 126 valence electrons. The summed E-state index contributed by atoms with van der Waals surface area (Å²) in [5.74, 6) is -0.657. The molecule has 0 aliphatic carbocycles. The number of alkyl halides is 1. The van der Waals surface area contributed by atoms with Crippen molar-refractivity contribution < 1.29 is 44.3 Å². The SMILES string of the molecule is C[I-]SN1CC(C(=O)NCN2CC(COO)CC2=O)CC1=O. The molecule has 0 saturated carbocycles. The summed E-state index contributed by atoms with van der Waals surface area (Å²) < 4.78 is 1.67. The molecule has 2 rings (SSSR count). The van der Waals surface area contributed by atoms with Crippen molar-refractivity contribution in [1.82, 2.24) is 14.5 Å². The molecule has 2 atom stereocenters. The van der Waals surface area contributed by atoms with E-state index in [9.17, 15) is 14.4 Å². The summed E-state index contributed by atoms with van der Waals surface area (Å²) in [4.78, 5) is 43.3. The van der Waals surface area contributed by atoms with Crippen molar-refractivity contribution in [3.63, 3.8) is 0 Å². The molecule has 0 spiro atoms. The van der Waals surface area contributed by atoms with Crippen molar-refractivity contribution in [2.24, 2.45) is 11.8 Å². The second-order valence-electron chi connectivity index (χ2n) is 5.26.